The van der Waals surface area contributed by atoms with E-state index in [2.05, 4.69) is 15.4 Å². The minimum atomic E-state index is -1.13. The van der Waals surface area contributed by atoms with Crippen molar-refractivity contribution in [2.45, 2.75) is 31.3 Å². The zero-order valence-corrected chi connectivity index (χ0v) is 18.4. The number of carbonyl (C=O) groups is 2. The van der Waals surface area contributed by atoms with E-state index in [1.807, 2.05) is 0 Å². The Labute approximate surface area is 191 Å². The summed E-state index contributed by atoms with van der Waals surface area (Å²) in [7, 11) is 0. The Balaban J connectivity index is -0.000000661. The molecule has 0 bridgehead atoms. The van der Waals surface area contributed by atoms with Crippen molar-refractivity contribution in [1.29, 1.82) is 0 Å². The largest absolute Gasteiger partial charge is 1.00 e. The summed E-state index contributed by atoms with van der Waals surface area (Å²) in [5.41, 5.74) is 19.0. The molecule has 132 valence electrons. The molecule has 0 unspecified atom stereocenters. The standard InChI is InChI=1S/C12H21N7O4.2Na.2H/c13-8(10(20)21)4-7-5-19(6-17-7)18-9(11(22)23)2-1-3-16-12(14)15;;;;/h5-6,8-9,18H,1-4,13H2,(H,20,21)(H,22,23)(H4,14,15,16);;;;/q;2*+1;2*-1/t8-,9-;;;;/m0..../s1. The molecule has 0 aliphatic rings. The van der Waals surface area contributed by atoms with Crippen molar-refractivity contribution in [3.8, 4) is 0 Å². The number of rotatable bonds is 10. The van der Waals surface area contributed by atoms with Gasteiger partial charge in [0.15, 0.2) is 5.96 Å². The van der Waals surface area contributed by atoms with Gasteiger partial charge in [0.2, 0.25) is 0 Å². The summed E-state index contributed by atoms with van der Waals surface area (Å²) in [4.78, 5) is 29.7. The fourth-order valence-corrected chi connectivity index (χ4v) is 1.78. The van der Waals surface area contributed by atoms with E-state index in [4.69, 9.17) is 22.3 Å². The SMILES string of the molecule is NC(N)=NCCC[C@H](Nn1cnc(C[C@H](N)C(=O)O)c1)C(=O)O.[H-].[H-].[Na+].[Na+]. The van der Waals surface area contributed by atoms with Gasteiger partial charge in [0, 0.05) is 19.2 Å². The van der Waals surface area contributed by atoms with Gasteiger partial charge in [-0.1, -0.05) is 0 Å². The van der Waals surface area contributed by atoms with E-state index in [9.17, 15) is 14.7 Å². The average molecular weight is 375 g/mol. The topological polar surface area (TPSA) is 195 Å². The summed E-state index contributed by atoms with van der Waals surface area (Å²) in [6, 6.07) is -1.92. The van der Waals surface area contributed by atoms with Crippen LogP contribution in [0.15, 0.2) is 17.5 Å². The van der Waals surface area contributed by atoms with E-state index < -0.39 is 24.0 Å². The molecule has 0 radical (unpaired) electrons. The summed E-state index contributed by atoms with van der Waals surface area (Å²) < 4.78 is 1.36. The predicted molar refractivity (Wildman–Crippen MR) is 84.5 cm³/mol. The van der Waals surface area contributed by atoms with Gasteiger partial charge in [-0.3, -0.25) is 14.5 Å². The molecule has 1 rings (SSSR count). The molecular formula is C12H23N7Na2O4. The first-order valence-electron chi connectivity index (χ1n) is 6.85. The molecule has 1 heterocycles. The summed E-state index contributed by atoms with van der Waals surface area (Å²) in [5, 5.41) is 17.9. The van der Waals surface area contributed by atoms with Crippen LogP contribution in [0.4, 0.5) is 0 Å². The fourth-order valence-electron chi connectivity index (χ4n) is 1.78. The van der Waals surface area contributed by atoms with Crippen molar-refractivity contribution in [3.05, 3.63) is 18.2 Å². The number of carboxylic acids is 2. The minimum absolute atomic E-state index is 0. The number of carboxylic acid groups (broad SMARTS) is 2. The van der Waals surface area contributed by atoms with Crippen molar-refractivity contribution in [2.75, 3.05) is 12.0 Å². The van der Waals surface area contributed by atoms with Crippen LogP contribution in [0.2, 0.25) is 0 Å². The Morgan fingerprint density at radius 3 is 2.48 bits per heavy atom. The van der Waals surface area contributed by atoms with Crippen LogP contribution in [-0.4, -0.2) is 56.4 Å². The number of hydrogen-bond acceptors (Lipinski definition) is 6. The molecule has 13 heteroatoms. The first-order chi connectivity index (χ1) is 10.8. The molecule has 0 aromatic carbocycles. The van der Waals surface area contributed by atoms with Gasteiger partial charge in [0.25, 0.3) is 0 Å². The quantitative estimate of drug-likeness (QED) is 0.0996. The van der Waals surface area contributed by atoms with Crippen LogP contribution in [0.1, 0.15) is 21.4 Å². The molecule has 0 aliphatic heterocycles. The van der Waals surface area contributed by atoms with Crippen LogP contribution >= 0.6 is 0 Å². The average Bonchev–Trinajstić information content (AvgIpc) is 2.88. The van der Waals surface area contributed by atoms with E-state index >= 15 is 0 Å². The van der Waals surface area contributed by atoms with Gasteiger partial charge in [0.05, 0.1) is 5.69 Å². The number of aromatic nitrogens is 2. The van der Waals surface area contributed by atoms with Crippen LogP contribution in [0, 0.1) is 0 Å². The van der Waals surface area contributed by atoms with E-state index in [1.54, 1.807) is 0 Å². The molecular weight excluding hydrogens is 352 g/mol. The third-order valence-electron chi connectivity index (χ3n) is 2.93. The third-order valence-corrected chi connectivity index (χ3v) is 2.93. The molecule has 11 nitrogen and oxygen atoms in total. The van der Waals surface area contributed by atoms with Crippen molar-refractivity contribution >= 4 is 17.9 Å². The summed E-state index contributed by atoms with van der Waals surface area (Å²) in [5.74, 6) is -2.21. The van der Waals surface area contributed by atoms with Gasteiger partial charge in [-0.2, -0.15) is 0 Å². The monoisotopic (exact) mass is 375 g/mol. The summed E-state index contributed by atoms with van der Waals surface area (Å²) in [6.45, 7) is 0.330. The number of aliphatic imine (C=N–C) groups is 1. The van der Waals surface area contributed by atoms with Crippen LogP contribution in [0.5, 0.6) is 0 Å². The zero-order chi connectivity index (χ0) is 17.4. The molecule has 1 aromatic rings. The second-order valence-electron chi connectivity index (χ2n) is 4.89. The molecule has 0 saturated heterocycles. The van der Waals surface area contributed by atoms with Crippen molar-refractivity contribution in [2.24, 2.45) is 22.2 Å². The van der Waals surface area contributed by atoms with Gasteiger partial charge in [-0.15, -0.1) is 0 Å². The predicted octanol–water partition coefficient (Wildman–Crippen LogP) is -7.88. The van der Waals surface area contributed by atoms with Crippen LogP contribution < -0.4 is 81.7 Å². The Bertz CT molecular complexity index is 588. The van der Waals surface area contributed by atoms with Crippen LogP contribution in [0.3, 0.4) is 0 Å². The molecule has 25 heavy (non-hydrogen) atoms. The molecule has 1 aromatic heterocycles. The molecule has 2 atom stereocenters. The van der Waals surface area contributed by atoms with Crippen molar-refractivity contribution in [3.63, 3.8) is 0 Å². The number of nitrogens with one attached hydrogen (secondary N) is 1. The maximum absolute atomic E-state index is 11.2. The number of hydrogen-bond donors (Lipinski definition) is 6. The van der Waals surface area contributed by atoms with E-state index in [0.717, 1.165) is 0 Å². The Hall–Kier alpha value is -0.820. The Morgan fingerprint density at radius 2 is 1.96 bits per heavy atom. The Morgan fingerprint density at radius 1 is 1.32 bits per heavy atom. The summed E-state index contributed by atoms with van der Waals surface area (Å²) >= 11 is 0. The molecule has 0 spiro atoms. The molecule has 0 aliphatic carbocycles. The summed E-state index contributed by atoms with van der Waals surface area (Å²) in [6.07, 6.45) is 3.68. The van der Waals surface area contributed by atoms with Crippen LogP contribution in [-0.2, 0) is 16.0 Å². The smallest absolute Gasteiger partial charge is 1.00 e. The molecule has 0 amide bonds. The zero-order valence-electron chi connectivity index (χ0n) is 16.4. The van der Waals surface area contributed by atoms with E-state index in [1.165, 1.54) is 17.2 Å². The van der Waals surface area contributed by atoms with Crippen molar-refractivity contribution < 1.29 is 81.8 Å². The normalized spacial score (nSPS) is 12.0. The number of nitrogens with two attached hydrogens (primary N) is 3. The third kappa shape index (κ3) is 10.7. The first kappa shape index (κ1) is 26.4. The van der Waals surface area contributed by atoms with Gasteiger partial charge >= 0.3 is 71.1 Å². The van der Waals surface area contributed by atoms with E-state index in [-0.39, 0.29) is 74.3 Å². The number of imidazole rings is 1. The maximum Gasteiger partial charge on any atom is 1.00 e. The van der Waals surface area contributed by atoms with Gasteiger partial charge in [-0.25, -0.2) is 9.78 Å². The first-order valence-corrected chi connectivity index (χ1v) is 6.85. The molecule has 9 N–H and O–H groups in total. The minimum Gasteiger partial charge on any atom is -1.00 e. The molecule has 0 fully saturated rings. The van der Waals surface area contributed by atoms with Crippen molar-refractivity contribution in [1.82, 2.24) is 9.66 Å². The number of aliphatic carboxylic acids is 2. The Kier molecular flexibility index (Phi) is 14.1. The number of guanidine groups is 1. The second-order valence-corrected chi connectivity index (χ2v) is 4.89. The maximum atomic E-state index is 11.2. The van der Waals surface area contributed by atoms with Crippen LogP contribution in [0.25, 0.3) is 0 Å². The van der Waals surface area contributed by atoms with Gasteiger partial charge < -0.3 is 35.7 Å². The van der Waals surface area contributed by atoms with Gasteiger partial charge in [-0.05, 0) is 12.8 Å². The molecule has 0 saturated carbocycles. The fraction of sp³-hybridized carbons (Fsp3) is 0.500. The second kappa shape index (κ2) is 13.4. The van der Waals surface area contributed by atoms with Gasteiger partial charge in [0.1, 0.15) is 18.4 Å². The number of nitrogens with zero attached hydrogens (tertiary/aromatic N) is 3. The van der Waals surface area contributed by atoms with E-state index in [0.29, 0.717) is 25.1 Å².